The Morgan fingerprint density at radius 2 is 2.25 bits per heavy atom. The first-order chi connectivity index (χ1) is 7.54. The lowest BCUT2D eigenvalue weighted by atomic mass is 10.1. The Balaban J connectivity index is 2.65. The van der Waals surface area contributed by atoms with Gasteiger partial charge < -0.3 is 11.1 Å². The molecule has 0 aliphatic carbocycles. The Kier molecular flexibility index (Phi) is 4.77. The largest absolute Gasteiger partial charge is 0.348 e. The molecule has 1 aromatic carbocycles. The molecule has 0 spiro atoms. The molecule has 2 atom stereocenters. The van der Waals surface area contributed by atoms with Crippen LogP contribution in [0.25, 0.3) is 0 Å². The second kappa shape index (κ2) is 5.87. The predicted molar refractivity (Wildman–Crippen MR) is 66.3 cm³/mol. The van der Waals surface area contributed by atoms with E-state index in [2.05, 4.69) is 5.32 Å². The number of hydrogen-bond donors (Lipinski definition) is 2. The van der Waals surface area contributed by atoms with Crippen LogP contribution in [-0.2, 0) is 4.79 Å². The van der Waals surface area contributed by atoms with Crippen molar-refractivity contribution in [3.8, 4) is 0 Å². The third-order valence-corrected chi connectivity index (χ3v) is 2.72. The molecule has 0 aliphatic rings. The highest BCUT2D eigenvalue weighted by molar-refractivity contribution is 6.30. The topological polar surface area (TPSA) is 55.1 Å². The van der Waals surface area contributed by atoms with Crippen molar-refractivity contribution in [1.82, 2.24) is 5.32 Å². The molecule has 3 nitrogen and oxygen atoms in total. The summed E-state index contributed by atoms with van der Waals surface area (Å²) in [6.45, 7) is 3.79. The molecule has 4 heteroatoms. The van der Waals surface area contributed by atoms with Crippen molar-refractivity contribution in [2.75, 3.05) is 0 Å². The van der Waals surface area contributed by atoms with Crippen LogP contribution in [0.2, 0.25) is 5.02 Å². The average Bonchev–Trinajstić information content (AvgIpc) is 2.27. The standard InChI is InChI=1S/C12H17ClN2O/c1-3-11(14)12(16)15-8(2)9-5-4-6-10(13)7-9/h4-8,11H,3,14H2,1-2H3,(H,15,16)/t8-,11-/m1/s1. The van der Waals surface area contributed by atoms with E-state index in [-0.39, 0.29) is 11.9 Å². The highest BCUT2D eigenvalue weighted by atomic mass is 35.5. The van der Waals surface area contributed by atoms with Gasteiger partial charge in [0.05, 0.1) is 12.1 Å². The van der Waals surface area contributed by atoms with Gasteiger partial charge in [-0.2, -0.15) is 0 Å². The normalized spacial score (nSPS) is 14.2. The Bertz CT molecular complexity index is 368. The molecule has 0 saturated heterocycles. The lowest BCUT2D eigenvalue weighted by Gasteiger charge is -2.17. The SMILES string of the molecule is CC[C@@H](N)C(=O)N[C@H](C)c1cccc(Cl)c1. The Morgan fingerprint density at radius 3 is 2.81 bits per heavy atom. The summed E-state index contributed by atoms with van der Waals surface area (Å²) in [5.41, 5.74) is 6.61. The first kappa shape index (κ1) is 13.0. The highest BCUT2D eigenvalue weighted by Gasteiger charge is 2.14. The molecule has 1 aromatic rings. The quantitative estimate of drug-likeness (QED) is 0.848. The van der Waals surface area contributed by atoms with Gasteiger partial charge in [0.2, 0.25) is 5.91 Å². The van der Waals surface area contributed by atoms with Crippen LogP contribution in [-0.4, -0.2) is 11.9 Å². The molecular weight excluding hydrogens is 224 g/mol. The molecule has 1 amide bonds. The second-order valence-corrected chi connectivity index (χ2v) is 4.24. The van der Waals surface area contributed by atoms with E-state index in [0.717, 1.165) is 5.56 Å². The molecule has 0 unspecified atom stereocenters. The van der Waals surface area contributed by atoms with Crippen LogP contribution in [0.4, 0.5) is 0 Å². The highest BCUT2D eigenvalue weighted by Crippen LogP contribution is 2.17. The third kappa shape index (κ3) is 3.51. The van der Waals surface area contributed by atoms with Crippen LogP contribution in [0.1, 0.15) is 31.9 Å². The molecule has 3 N–H and O–H groups in total. The van der Waals surface area contributed by atoms with Crippen molar-refractivity contribution in [1.29, 1.82) is 0 Å². The molecule has 0 bridgehead atoms. The maximum absolute atomic E-state index is 11.6. The Morgan fingerprint density at radius 1 is 1.56 bits per heavy atom. The zero-order valence-corrected chi connectivity index (χ0v) is 10.3. The van der Waals surface area contributed by atoms with Gasteiger partial charge in [0.1, 0.15) is 0 Å². The third-order valence-electron chi connectivity index (χ3n) is 2.48. The van der Waals surface area contributed by atoms with Crippen molar-refractivity contribution in [3.63, 3.8) is 0 Å². The smallest absolute Gasteiger partial charge is 0.237 e. The molecular formula is C12H17ClN2O. The Labute approximate surface area is 101 Å². The minimum Gasteiger partial charge on any atom is -0.348 e. The number of carbonyl (C=O) groups excluding carboxylic acids is 1. The predicted octanol–water partition coefficient (Wildman–Crippen LogP) is 2.25. The summed E-state index contributed by atoms with van der Waals surface area (Å²) in [5.74, 6) is -0.130. The van der Waals surface area contributed by atoms with Gasteiger partial charge in [-0.05, 0) is 31.0 Å². The molecule has 1 rings (SSSR count). The van der Waals surface area contributed by atoms with Gasteiger partial charge in [-0.15, -0.1) is 0 Å². The maximum Gasteiger partial charge on any atom is 0.237 e. The summed E-state index contributed by atoms with van der Waals surface area (Å²) in [7, 11) is 0. The monoisotopic (exact) mass is 240 g/mol. The van der Waals surface area contributed by atoms with Crippen molar-refractivity contribution in [2.24, 2.45) is 5.73 Å². The number of rotatable bonds is 4. The molecule has 0 radical (unpaired) electrons. The summed E-state index contributed by atoms with van der Waals surface area (Å²) in [6.07, 6.45) is 0.633. The van der Waals surface area contributed by atoms with E-state index in [4.69, 9.17) is 17.3 Å². The van der Waals surface area contributed by atoms with E-state index in [1.165, 1.54) is 0 Å². The van der Waals surface area contributed by atoms with Crippen LogP contribution < -0.4 is 11.1 Å². The van der Waals surface area contributed by atoms with E-state index in [1.54, 1.807) is 6.07 Å². The van der Waals surface area contributed by atoms with Crippen molar-refractivity contribution in [2.45, 2.75) is 32.4 Å². The lowest BCUT2D eigenvalue weighted by molar-refractivity contribution is -0.123. The summed E-state index contributed by atoms with van der Waals surface area (Å²) >= 11 is 5.88. The first-order valence-electron chi connectivity index (χ1n) is 5.36. The van der Waals surface area contributed by atoms with Gasteiger partial charge in [-0.1, -0.05) is 30.7 Å². The van der Waals surface area contributed by atoms with E-state index in [0.29, 0.717) is 11.4 Å². The van der Waals surface area contributed by atoms with E-state index in [1.807, 2.05) is 32.0 Å². The van der Waals surface area contributed by atoms with Crippen LogP contribution in [0, 0.1) is 0 Å². The first-order valence-corrected chi connectivity index (χ1v) is 5.73. The molecule has 0 aromatic heterocycles. The Hall–Kier alpha value is -1.06. The van der Waals surface area contributed by atoms with Gasteiger partial charge in [0.25, 0.3) is 0 Å². The number of halogens is 1. The lowest BCUT2D eigenvalue weighted by Crippen LogP contribution is -2.41. The number of nitrogens with two attached hydrogens (primary N) is 1. The fourth-order valence-corrected chi connectivity index (χ4v) is 1.56. The van der Waals surface area contributed by atoms with Gasteiger partial charge in [-0.3, -0.25) is 4.79 Å². The average molecular weight is 241 g/mol. The van der Waals surface area contributed by atoms with Crippen molar-refractivity contribution < 1.29 is 4.79 Å². The van der Waals surface area contributed by atoms with Gasteiger partial charge in [0.15, 0.2) is 0 Å². The molecule has 0 fully saturated rings. The second-order valence-electron chi connectivity index (χ2n) is 3.80. The fraction of sp³-hybridized carbons (Fsp3) is 0.417. The molecule has 16 heavy (non-hydrogen) atoms. The van der Waals surface area contributed by atoms with Crippen molar-refractivity contribution >= 4 is 17.5 Å². The van der Waals surface area contributed by atoms with Crippen LogP contribution in [0.3, 0.4) is 0 Å². The molecule has 0 heterocycles. The summed E-state index contributed by atoms with van der Waals surface area (Å²) < 4.78 is 0. The summed E-state index contributed by atoms with van der Waals surface area (Å²) in [4.78, 5) is 11.6. The van der Waals surface area contributed by atoms with Gasteiger partial charge in [0, 0.05) is 5.02 Å². The number of amides is 1. The zero-order valence-electron chi connectivity index (χ0n) is 9.53. The van der Waals surface area contributed by atoms with Crippen LogP contribution in [0.15, 0.2) is 24.3 Å². The van der Waals surface area contributed by atoms with Gasteiger partial charge in [-0.25, -0.2) is 0 Å². The van der Waals surface area contributed by atoms with Gasteiger partial charge >= 0.3 is 0 Å². The van der Waals surface area contributed by atoms with E-state index < -0.39 is 6.04 Å². The van der Waals surface area contributed by atoms with E-state index in [9.17, 15) is 4.79 Å². The summed E-state index contributed by atoms with van der Waals surface area (Å²) in [6, 6.07) is 6.90. The number of benzene rings is 1. The summed E-state index contributed by atoms with van der Waals surface area (Å²) in [5, 5.41) is 3.52. The number of nitrogens with one attached hydrogen (secondary N) is 1. The van der Waals surface area contributed by atoms with E-state index >= 15 is 0 Å². The van der Waals surface area contributed by atoms with Crippen LogP contribution >= 0.6 is 11.6 Å². The van der Waals surface area contributed by atoms with Crippen LogP contribution in [0.5, 0.6) is 0 Å². The molecule has 0 aliphatic heterocycles. The maximum atomic E-state index is 11.6. The fourth-order valence-electron chi connectivity index (χ4n) is 1.37. The van der Waals surface area contributed by atoms with Crippen molar-refractivity contribution in [3.05, 3.63) is 34.9 Å². The zero-order chi connectivity index (χ0) is 12.1. The molecule has 0 saturated carbocycles. The minimum atomic E-state index is -0.443. The number of carbonyl (C=O) groups is 1. The molecule has 88 valence electrons. The minimum absolute atomic E-state index is 0.0798. The number of hydrogen-bond acceptors (Lipinski definition) is 2.